The van der Waals surface area contributed by atoms with Gasteiger partial charge in [-0.1, -0.05) is 12.2 Å². The predicted octanol–water partition coefficient (Wildman–Crippen LogP) is 3.46. The summed E-state index contributed by atoms with van der Waals surface area (Å²) < 4.78 is 25.9. The molecule has 0 N–H and O–H groups in total. The van der Waals surface area contributed by atoms with E-state index in [1.807, 2.05) is 0 Å². The topological polar surface area (TPSA) is 6.48 Å². The zero-order valence-electron chi connectivity index (χ0n) is 12.0. The van der Waals surface area contributed by atoms with Crippen LogP contribution in [0.4, 0.5) is 14.5 Å². The van der Waals surface area contributed by atoms with E-state index in [0.717, 1.165) is 42.4 Å². The third-order valence-electron chi connectivity index (χ3n) is 3.85. The predicted molar refractivity (Wildman–Crippen MR) is 88.3 cm³/mol. The Morgan fingerprint density at radius 3 is 1.82 bits per heavy atom. The Hall–Kier alpha value is -2.01. The summed E-state index contributed by atoms with van der Waals surface area (Å²) in [5.74, 6) is -0.479. The Morgan fingerprint density at radius 1 is 0.773 bits per heavy atom. The van der Waals surface area contributed by atoms with E-state index in [9.17, 15) is 8.78 Å². The van der Waals surface area contributed by atoms with E-state index in [2.05, 4.69) is 9.80 Å². The lowest BCUT2D eigenvalue weighted by atomic mass is 10.2. The van der Waals surface area contributed by atoms with Crippen molar-refractivity contribution in [1.29, 1.82) is 0 Å². The maximum absolute atomic E-state index is 13.0. The molecule has 0 radical (unpaired) electrons. The van der Waals surface area contributed by atoms with Crippen LogP contribution in [-0.4, -0.2) is 36.1 Å². The Balaban J connectivity index is 1.62. The SMILES string of the molecule is Fc1ccc(C(=S)N2CCN(c3ccc(F)cc3)CC2)cc1. The fourth-order valence-corrected chi connectivity index (χ4v) is 2.91. The number of nitrogens with zero attached hydrogens (tertiary/aromatic N) is 2. The minimum absolute atomic E-state index is 0.222. The summed E-state index contributed by atoms with van der Waals surface area (Å²) in [5, 5.41) is 0. The van der Waals surface area contributed by atoms with E-state index in [1.165, 1.54) is 24.3 Å². The average molecular weight is 318 g/mol. The van der Waals surface area contributed by atoms with Gasteiger partial charge in [0.1, 0.15) is 16.6 Å². The van der Waals surface area contributed by atoms with E-state index in [1.54, 1.807) is 24.3 Å². The van der Waals surface area contributed by atoms with Gasteiger partial charge in [-0.3, -0.25) is 0 Å². The van der Waals surface area contributed by atoms with E-state index in [0.29, 0.717) is 0 Å². The highest BCUT2D eigenvalue weighted by atomic mass is 32.1. The molecule has 0 spiro atoms. The number of anilines is 1. The number of piperazine rings is 1. The molecule has 1 fully saturated rings. The van der Waals surface area contributed by atoms with Crippen molar-refractivity contribution in [2.24, 2.45) is 0 Å². The van der Waals surface area contributed by atoms with E-state index in [4.69, 9.17) is 12.2 Å². The second-order valence-electron chi connectivity index (χ2n) is 5.26. The zero-order chi connectivity index (χ0) is 15.5. The van der Waals surface area contributed by atoms with Crippen LogP contribution in [0.2, 0.25) is 0 Å². The van der Waals surface area contributed by atoms with Crippen LogP contribution in [0.15, 0.2) is 48.5 Å². The van der Waals surface area contributed by atoms with Crippen molar-refractivity contribution in [2.45, 2.75) is 0 Å². The maximum Gasteiger partial charge on any atom is 0.123 e. The van der Waals surface area contributed by atoms with Crippen molar-refractivity contribution < 1.29 is 8.78 Å². The average Bonchev–Trinajstić information content (AvgIpc) is 2.56. The Bertz CT molecular complexity index is 647. The summed E-state index contributed by atoms with van der Waals surface area (Å²) >= 11 is 5.49. The monoisotopic (exact) mass is 318 g/mol. The molecular formula is C17H16F2N2S. The molecule has 0 aliphatic carbocycles. The first-order valence-electron chi connectivity index (χ1n) is 7.19. The van der Waals surface area contributed by atoms with Gasteiger partial charge in [-0.25, -0.2) is 8.78 Å². The first-order chi connectivity index (χ1) is 10.6. The van der Waals surface area contributed by atoms with Crippen molar-refractivity contribution in [3.8, 4) is 0 Å². The summed E-state index contributed by atoms with van der Waals surface area (Å²) in [6.45, 7) is 3.25. The lowest BCUT2D eigenvalue weighted by Gasteiger charge is -2.37. The number of benzene rings is 2. The molecule has 2 aromatic carbocycles. The summed E-state index contributed by atoms with van der Waals surface area (Å²) in [6.07, 6.45) is 0. The minimum atomic E-state index is -0.257. The normalized spacial score (nSPS) is 15.0. The fraction of sp³-hybridized carbons (Fsp3) is 0.235. The number of rotatable bonds is 2. The second kappa shape index (κ2) is 6.40. The van der Waals surface area contributed by atoms with Crippen molar-refractivity contribution in [2.75, 3.05) is 31.1 Å². The smallest absolute Gasteiger partial charge is 0.123 e. The third kappa shape index (κ3) is 3.25. The molecule has 0 aromatic heterocycles. The van der Waals surface area contributed by atoms with E-state index >= 15 is 0 Å². The van der Waals surface area contributed by atoms with Crippen molar-refractivity contribution in [3.63, 3.8) is 0 Å². The molecule has 1 aliphatic heterocycles. The highest BCUT2D eigenvalue weighted by molar-refractivity contribution is 7.80. The molecular weight excluding hydrogens is 302 g/mol. The van der Waals surface area contributed by atoms with Gasteiger partial charge in [0.25, 0.3) is 0 Å². The van der Waals surface area contributed by atoms with Gasteiger partial charge in [0.2, 0.25) is 0 Å². The van der Waals surface area contributed by atoms with Crippen LogP contribution in [0.1, 0.15) is 5.56 Å². The quantitative estimate of drug-likeness (QED) is 0.783. The van der Waals surface area contributed by atoms with E-state index in [-0.39, 0.29) is 11.6 Å². The minimum Gasteiger partial charge on any atom is -0.368 e. The first-order valence-corrected chi connectivity index (χ1v) is 7.60. The summed E-state index contributed by atoms with van der Waals surface area (Å²) in [7, 11) is 0. The molecule has 0 unspecified atom stereocenters. The van der Waals surface area contributed by atoms with Gasteiger partial charge < -0.3 is 9.80 Å². The lowest BCUT2D eigenvalue weighted by molar-refractivity contribution is 0.392. The summed E-state index contributed by atoms with van der Waals surface area (Å²) in [4.78, 5) is 5.09. The zero-order valence-corrected chi connectivity index (χ0v) is 12.8. The molecule has 2 nitrogen and oxygen atoms in total. The van der Waals surface area contributed by atoms with E-state index < -0.39 is 0 Å². The molecule has 114 valence electrons. The number of thiocarbonyl (C=S) groups is 1. The van der Waals surface area contributed by atoms with Crippen LogP contribution in [-0.2, 0) is 0 Å². The Labute approximate surface area is 134 Å². The van der Waals surface area contributed by atoms with Crippen LogP contribution >= 0.6 is 12.2 Å². The Morgan fingerprint density at radius 2 is 1.27 bits per heavy atom. The Kier molecular flexibility index (Phi) is 4.34. The molecule has 0 bridgehead atoms. The summed E-state index contributed by atoms with van der Waals surface area (Å²) in [5.41, 5.74) is 1.89. The third-order valence-corrected chi connectivity index (χ3v) is 4.34. The molecule has 0 saturated carbocycles. The highest BCUT2D eigenvalue weighted by Crippen LogP contribution is 2.18. The van der Waals surface area contributed by atoms with Crippen molar-refractivity contribution in [3.05, 3.63) is 65.7 Å². The highest BCUT2D eigenvalue weighted by Gasteiger charge is 2.20. The van der Waals surface area contributed by atoms with Crippen molar-refractivity contribution in [1.82, 2.24) is 4.90 Å². The molecule has 22 heavy (non-hydrogen) atoms. The molecule has 1 aliphatic rings. The van der Waals surface area contributed by atoms with Gasteiger partial charge >= 0.3 is 0 Å². The van der Waals surface area contributed by atoms with Gasteiger partial charge in [-0.15, -0.1) is 0 Å². The van der Waals surface area contributed by atoms with Crippen LogP contribution < -0.4 is 4.90 Å². The fourth-order valence-electron chi connectivity index (χ4n) is 2.59. The molecule has 0 amide bonds. The van der Waals surface area contributed by atoms with Gasteiger partial charge in [0.05, 0.1) is 0 Å². The van der Waals surface area contributed by atoms with Crippen LogP contribution in [0.5, 0.6) is 0 Å². The standard InChI is InChI=1S/C17H16F2N2S/c18-14-3-1-13(2-4-14)17(22)21-11-9-20(10-12-21)16-7-5-15(19)6-8-16/h1-8H,9-12H2. The molecule has 1 heterocycles. The van der Waals surface area contributed by atoms with Crippen molar-refractivity contribution >= 4 is 22.9 Å². The number of hydrogen-bond acceptors (Lipinski definition) is 2. The molecule has 5 heteroatoms. The van der Waals surface area contributed by atoms with Gasteiger partial charge in [-0.05, 0) is 48.5 Å². The van der Waals surface area contributed by atoms with Crippen LogP contribution in [0.25, 0.3) is 0 Å². The van der Waals surface area contributed by atoms with Gasteiger partial charge in [-0.2, -0.15) is 0 Å². The molecule has 3 rings (SSSR count). The number of halogens is 2. The number of hydrogen-bond donors (Lipinski definition) is 0. The van der Waals surface area contributed by atoms with Crippen LogP contribution in [0.3, 0.4) is 0 Å². The molecule has 1 saturated heterocycles. The second-order valence-corrected chi connectivity index (χ2v) is 5.65. The lowest BCUT2D eigenvalue weighted by Crippen LogP contribution is -2.48. The van der Waals surface area contributed by atoms with Gasteiger partial charge in [0, 0.05) is 37.4 Å². The molecule has 0 atom stereocenters. The maximum atomic E-state index is 13.0. The summed E-state index contributed by atoms with van der Waals surface area (Å²) in [6, 6.07) is 12.8. The van der Waals surface area contributed by atoms with Crippen LogP contribution in [0, 0.1) is 11.6 Å². The first kappa shape index (κ1) is 14.9. The molecule has 2 aromatic rings. The largest absolute Gasteiger partial charge is 0.368 e. The van der Waals surface area contributed by atoms with Gasteiger partial charge in [0.15, 0.2) is 0 Å².